The lowest BCUT2D eigenvalue weighted by atomic mass is 10.2. The Morgan fingerprint density at radius 2 is 1.81 bits per heavy atom. The Bertz CT molecular complexity index is 343. The molecule has 3 nitrogen and oxygen atoms in total. The average molecular weight is 220 g/mol. The lowest BCUT2D eigenvalue weighted by Gasteiger charge is -2.04. The van der Waals surface area contributed by atoms with Gasteiger partial charge in [0.05, 0.1) is 6.42 Å². The van der Waals surface area contributed by atoms with Crippen LogP contribution in [0, 0.1) is 0 Å². The number of benzene rings is 1. The number of carbonyl (C=O) groups excluding carboxylic acids is 2. The third-order valence-electron chi connectivity index (χ3n) is 2.24. The van der Waals surface area contributed by atoms with Gasteiger partial charge in [-0.1, -0.05) is 37.3 Å². The fraction of sp³-hybridized carbons (Fsp3) is 0.385. The van der Waals surface area contributed by atoms with Crippen LogP contribution in [0.4, 0.5) is 0 Å². The number of ether oxygens (including phenoxy) is 1. The topological polar surface area (TPSA) is 43.4 Å². The second kappa shape index (κ2) is 6.77. The smallest absolute Gasteiger partial charge is 0.306 e. The normalized spacial score (nSPS) is 9.81. The zero-order valence-corrected chi connectivity index (χ0v) is 9.44. The predicted octanol–water partition coefficient (Wildman–Crippen LogP) is 2.49. The minimum Gasteiger partial charge on any atom is -0.461 e. The molecule has 1 rings (SSSR count). The molecule has 0 saturated carbocycles. The summed E-state index contributed by atoms with van der Waals surface area (Å²) in [6, 6.07) is 9.48. The van der Waals surface area contributed by atoms with Gasteiger partial charge in [-0.05, 0) is 5.56 Å². The van der Waals surface area contributed by atoms with Crippen molar-refractivity contribution in [1.82, 2.24) is 0 Å². The Balaban J connectivity index is 2.23. The molecule has 0 fully saturated rings. The van der Waals surface area contributed by atoms with E-state index in [9.17, 15) is 9.59 Å². The number of carbonyl (C=O) groups is 2. The molecule has 0 unspecified atom stereocenters. The highest BCUT2D eigenvalue weighted by Gasteiger charge is 2.06. The first kappa shape index (κ1) is 12.4. The predicted molar refractivity (Wildman–Crippen MR) is 60.8 cm³/mol. The lowest BCUT2D eigenvalue weighted by Crippen LogP contribution is -2.07. The van der Waals surface area contributed by atoms with E-state index in [2.05, 4.69) is 0 Å². The highest BCUT2D eigenvalue weighted by atomic mass is 16.5. The van der Waals surface area contributed by atoms with Crippen molar-refractivity contribution in [2.24, 2.45) is 0 Å². The van der Waals surface area contributed by atoms with E-state index in [0.29, 0.717) is 6.42 Å². The first-order valence-electron chi connectivity index (χ1n) is 5.43. The fourth-order valence-corrected chi connectivity index (χ4v) is 1.23. The van der Waals surface area contributed by atoms with Gasteiger partial charge in [-0.3, -0.25) is 9.59 Å². The van der Waals surface area contributed by atoms with Gasteiger partial charge in [0, 0.05) is 12.8 Å². The van der Waals surface area contributed by atoms with Crippen molar-refractivity contribution in [3.05, 3.63) is 35.9 Å². The number of Topliss-reactive ketones (excluding diaryl/α,β-unsaturated/α-hetero) is 1. The van der Waals surface area contributed by atoms with E-state index in [-0.39, 0.29) is 31.2 Å². The summed E-state index contributed by atoms with van der Waals surface area (Å²) in [5.41, 5.74) is 0.956. The molecule has 0 aliphatic carbocycles. The molecule has 0 amide bonds. The van der Waals surface area contributed by atoms with Gasteiger partial charge in [-0.15, -0.1) is 0 Å². The maximum atomic E-state index is 11.3. The maximum absolute atomic E-state index is 11.3. The van der Waals surface area contributed by atoms with Gasteiger partial charge in [-0.25, -0.2) is 0 Å². The molecule has 0 aromatic heterocycles. The summed E-state index contributed by atoms with van der Waals surface area (Å²) in [4.78, 5) is 22.2. The quantitative estimate of drug-likeness (QED) is 0.692. The molecule has 1 aromatic carbocycles. The molecule has 0 heterocycles. The van der Waals surface area contributed by atoms with Crippen molar-refractivity contribution >= 4 is 11.8 Å². The van der Waals surface area contributed by atoms with E-state index in [1.807, 2.05) is 30.3 Å². The molecule has 0 N–H and O–H groups in total. The highest BCUT2D eigenvalue weighted by molar-refractivity contribution is 5.82. The van der Waals surface area contributed by atoms with E-state index < -0.39 is 0 Å². The first-order valence-corrected chi connectivity index (χ1v) is 5.43. The number of ketones is 1. The van der Waals surface area contributed by atoms with Crippen LogP contribution in [0.1, 0.15) is 31.7 Å². The lowest BCUT2D eigenvalue weighted by molar-refractivity contribution is -0.146. The second-order valence-corrected chi connectivity index (χ2v) is 3.54. The van der Waals surface area contributed by atoms with E-state index in [4.69, 9.17) is 4.74 Å². The minimum atomic E-state index is -0.314. The van der Waals surface area contributed by atoms with E-state index in [1.54, 1.807) is 6.92 Å². The highest BCUT2D eigenvalue weighted by Crippen LogP contribution is 2.03. The zero-order valence-electron chi connectivity index (χ0n) is 9.44. The van der Waals surface area contributed by atoms with Crippen LogP contribution in [-0.2, 0) is 20.9 Å². The van der Waals surface area contributed by atoms with E-state index >= 15 is 0 Å². The van der Waals surface area contributed by atoms with Gasteiger partial charge < -0.3 is 4.74 Å². The van der Waals surface area contributed by atoms with Crippen molar-refractivity contribution in [3.8, 4) is 0 Å². The second-order valence-electron chi connectivity index (χ2n) is 3.54. The fourth-order valence-electron chi connectivity index (χ4n) is 1.23. The summed E-state index contributed by atoms with van der Waals surface area (Å²) in [5, 5.41) is 0. The molecular formula is C13H16O3. The van der Waals surface area contributed by atoms with Gasteiger partial charge in [-0.2, -0.15) is 0 Å². The Morgan fingerprint density at radius 1 is 1.12 bits per heavy atom. The van der Waals surface area contributed by atoms with Crippen LogP contribution in [0.2, 0.25) is 0 Å². The van der Waals surface area contributed by atoms with Crippen molar-refractivity contribution in [2.45, 2.75) is 32.8 Å². The average Bonchev–Trinajstić information content (AvgIpc) is 2.34. The molecule has 0 spiro atoms. The Hall–Kier alpha value is -1.64. The SMILES string of the molecule is CCC(=O)CCC(=O)OCc1ccccc1. The molecule has 0 aliphatic rings. The molecular weight excluding hydrogens is 204 g/mol. The maximum Gasteiger partial charge on any atom is 0.306 e. The van der Waals surface area contributed by atoms with Crippen LogP contribution in [0.15, 0.2) is 30.3 Å². The molecule has 16 heavy (non-hydrogen) atoms. The zero-order chi connectivity index (χ0) is 11.8. The summed E-state index contributed by atoms with van der Waals surface area (Å²) in [6.07, 6.45) is 0.940. The third-order valence-corrected chi connectivity index (χ3v) is 2.24. The number of hydrogen-bond donors (Lipinski definition) is 0. The molecule has 0 aliphatic heterocycles. The standard InChI is InChI=1S/C13H16O3/c1-2-12(14)8-9-13(15)16-10-11-6-4-3-5-7-11/h3-7H,2,8-10H2,1H3. The van der Waals surface area contributed by atoms with Crippen LogP contribution < -0.4 is 0 Å². The van der Waals surface area contributed by atoms with Crippen LogP contribution in [-0.4, -0.2) is 11.8 Å². The van der Waals surface area contributed by atoms with Crippen LogP contribution in [0.25, 0.3) is 0 Å². The largest absolute Gasteiger partial charge is 0.461 e. The first-order chi connectivity index (χ1) is 7.72. The molecule has 0 saturated heterocycles. The van der Waals surface area contributed by atoms with E-state index in [0.717, 1.165) is 5.56 Å². The Labute approximate surface area is 95.4 Å². The molecule has 1 aromatic rings. The third kappa shape index (κ3) is 4.73. The number of esters is 1. The Kier molecular flexibility index (Phi) is 5.26. The monoisotopic (exact) mass is 220 g/mol. The number of rotatable bonds is 6. The van der Waals surface area contributed by atoms with Crippen LogP contribution in [0.5, 0.6) is 0 Å². The van der Waals surface area contributed by atoms with Gasteiger partial charge >= 0.3 is 5.97 Å². The van der Waals surface area contributed by atoms with Crippen LogP contribution in [0.3, 0.4) is 0 Å². The van der Waals surface area contributed by atoms with Gasteiger partial charge in [0.25, 0.3) is 0 Å². The van der Waals surface area contributed by atoms with Crippen molar-refractivity contribution in [1.29, 1.82) is 0 Å². The Morgan fingerprint density at radius 3 is 2.44 bits per heavy atom. The minimum absolute atomic E-state index is 0.0941. The van der Waals surface area contributed by atoms with Crippen molar-refractivity contribution in [2.75, 3.05) is 0 Å². The van der Waals surface area contributed by atoms with Crippen molar-refractivity contribution in [3.63, 3.8) is 0 Å². The van der Waals surface area contributed by atoms with Gasteiger partial charge in [0.15, 0.2) is 0 Å². The summed E-state index contributed by atoms with van der Waals surface area (Å²) in [7, 11) is 0. The van der Waals surface area contributed by atoms with Crippen molar-refractivity contribution < 1.29 is 14.3 Å². The summed E-state index contributed by atoms with van der Waals surface area (Å²) in [5.74, 6) is -0.220. The van der Waals surface area contributed by atoms with Gasteiger partial charge in [0.1, 0.15) is 12.4 Å². The molecule has 0 atom stereocenters. The summed E-state index contributed by atoms with van der Waals surface area (Å²) in [6.45, 7) is 2.07. The number of hydrogen-bond acceptors (Lipinski definition) is 3. The molecule has 0 bridgehead atoms. The van der Waals surface area contributed by atoms with Crippen LogP contribution >= 0.6 is 0 Å². The molecule has 86 valence electrons. The molecule has 0 radical (unpaired) electrons. The van der Waals surface area contributed by atoms with E-state index in [1.165, 1.54) is 0 Å². The van der Waals surface area contributed by atoms with Gasteiger partial charge in [0.2, 0.25) is 0 Å². The summed E-state index contributed by atoms with van der Waals surface area (Å²) >= 11 is 0. The molecule has 3 heteroatoms. The summed E-state index contributed by atoms with van der Waals surface area (Å²) < 4.78 is 5.03.